The molecular formula is C24H25N3O2. The molecule has 0 saturated carbocycles. The van der Waals surface area contributed by atoms with Gasteiger partial charge in [-0.25, -0.2) is 4.98 Å². The molecule has 0 radical (unpaired) electrons. The summed E-state index contributed by atoms with van der Waals surface area (Å²) in [6.45, 7) is 2.87. The Morgan fingerprint density at radius 3 is 2.66 bits per heavy atom. The number of imidazole rings is 1. The number of hydrogen-bond acceptors (Lipinski definition) is 3. The van der Waals surface area contributed by atoms with Crippen LogP contribution in [0, 0.1) is 0 Å². The van der Waals surface area contributed by atoms with Crippen LogP contribution in [0.4, 0.5) is 0 Å². The fourth-order valence-corrected chi connectivity index (χ4v) is 3.84. The molecule has 0 amide bonds. The van der Waals surface area contributed by atoms with E-state index >= 15 is 0 Å². The number of carbonyl (C=O) groups excluding carboxylic acids is 1. The second-order valence-corrected chi connectivity index (χ2v) is 7.47. The number of fused-ring (bicyclic) bond motifs is 1. The van der Waals surface area contributed by atoms with Crippen LogP contribution in [0.1, 0.15) is 41.0 Å². The van der Waals surface area contributed by atoms with Crippen molar-refractivity contribution in [3.8, 4) is 5.75 Å². The summed E-state index contributed by atoms with van der Waals surface area (Å²) in [5, 5.41) is 1.15. The minimum absolute atomic E-state index is 0.0578. The third kappa shape index (κ3) is 3.81. The molecule has 0 aliphatic rings. The van der Waals surface area contributed by atoms with Gasteiger partial charge in [0.1, 0.15) is 5.75 Å². The maximum absolute atomic E-state index is 12.7. The average Bonchev–Trinajstić information content (AvgIpc) is 3.32. The topological polar surface area (TPSA) is 49.0 Å². The summed E-state index contributed by atoms with van der Waals surface area (Å²) in [5.74, 6) is 1.47. The highest BCUT2D eigenvalue weighted by Crippen LogP contribution is 2.33. The number of methoxy groups -OCH3 is 1. The first-order valence-corrected chi connectivity index (χ1v) is 9.78. The molecule has 1 unspecified atom stereocenters. The van der Waals surface area contributed by atoms with E-state index in [1.807, 2.05) is 19.2 Å². The molecule has 2 heterocycles. The van der Waals surface area contributed by atoms with E-state index in [1.165, 1.54) is 11.1 Å². The summed E-state index contributed by atoms with van der Waals surface area (Å²) in [4.78, 5) is 16.9. The molecular weight excluding hydrogens is 362 g/mol. The molecule has 0 N–H and O–H groups in total. The molecule has 0 fully saturated rings. The fraction of sp³-hybridized carbons (Fsp3) is 0.250. The number of Topliss-reactive ketones (excluding diaryl/α,β-unsaturated/α-hetero) is 1. The number of nitrogens with zero attached hydrogens (tertiary/aromatic N) is 3. The quantitative estimate of drug-likeness (QED) is 0.428. The average molecular weight is 387 g/mol. The molecule has 0 spiro atoms. The predicted octanol–water partition coefficient (Wildman–Crippen LogP) is 4.81. The van der Waals surface area contributed by atoms with Crippen molar-refractivity contribution in [1.82, 2.24) is 14.1 Å². The van der Waals surface area contributed by atoms with Gasteiger partial charge in [-0.2, -0.15) is 0 Å². The molecule has 1 atom stereocenters. The van der Waals surface area contributed by atoms with Crippen LogP contribution >= 0.6 is 0 Å². The minimum Gasteiger partial charge on any atom is -0.497 e. The van der Waals surface area contributed by atoms with Crippen LogP contribution in [0.15, 0.2) is 67.1 Å². The van der Waals surface area contributed by atoms with E-state index in [2.05, 4.69) is 59.1 Å². The summed E-state index contributed by atoms with van der Waals surface area (Å²) in [6, 6.07) is 16.5. The monoisotopic (exact) mass is 387 g/mol. The second-order valence-electron chi connectivity index (χ2n) is 7.47. The lowest BCUT2D eigenvalue weighted by atomic mass is 9.95. The van der Waals surface area contributed by atoms with E-state index in [9.17, 15) is 4.79 Å². The summed E-state index contributed by atoms with van der Waals surface area (Å²) < 4.78 is 9.46. The van der Waals surface area contributed by atoms with Gasteiger partial charge >= 0.3 is 0 Å². The number of rotatable bonds is 7. The summed E-state index contributed by atoms with van der Waals surface area (Å²) in [6.07, 6.45) is 6.06. The van der Waals surface area contributed by atoms with Crippen molar-refractivity contribution in [3.63, 3.8) is 0 Å². The summed E-state index contributed by atoms with van der Waals surface area (Å²) in [7, 11) is 3.53. The zero-order valence-electron chi connectivity index (χ0n) is 17.0. The smallest absolute Gasteiger partial charge is 0.198 e. The summed E-state index contributed by atoms with van der Waals surface area (Å²) >= 11 is 0. The maximum Gasteiger partial charge on any atom is 0.198 e. The Labute approximate surface area is 170 Å². The van der Waals surface area contributed by atoms with Crippen LogP contribution in [-0.4, -0.2) is 27.0 Å². The van der Waals surface area contributed by atoms with Crippen molar-refractivity contribution in [1.29, 1.82) is 0 Å². The Bertz CT molecular complexity index is 1140. The molecule has 0 aliphatic heterocycles. The largest absolute Gasteiger partial charge is 0.497 e. The van der Waals surface area contributed by atoms with Crippen LogP contribution in [0.5, 0.6) is 5.75 Å². The Balaban J connectivity index is 1.70. The zero-order valence-corrected chi connectivity index (χ0v) is 17.0. The van der Waals surface area contributed by atoms with Gasteiger partial charge in [0, 0.05) is 50.1 Å². The van der Waals surface area contributed by atoms with E-state index in [4.69, 9.17) is 4.74 Å². The molecule has 2 aromatic heterocycles. The predicted molar refractivity (Wildman–Crippen MR) is 115 cm³/mol. The molecule has 5 nitrogen and oxygen atoms in total. The van der Waals surface area contributed by atoms with Crippen molar-refractivity contribution in [2.75, 3.05) is 7.11 Å². The third-order valence-electron chi connectivity index (χ3n) is 5.41. The molecule has 4 aromatic rings. The minimum atomic E-state index is 0.0578. The van der Waals surface area contributed by atoms with Crippen LogP contribution in [0.25, 0.3) is 10.9 Å². The number of ether oxygens (including phenoxy) is 1. The van der Waals surface area contributed by atoms with E-state index < -0.39 is 0 Å². The van der Waals surface area contributed by atoms with Crippen molar-refractivity contribution >= 4 is 16.7 Å². The van der Waals surface area contributed by atoms with Gasteiger partial charge in [-0.05, 0) is 29.2 Å². The summed E-state index contributed by atoms with van der Waals surface area (Å²) in [5.41, 5.74) is 3.51. The van der Waals surface area contributed by atoms with E-state index in [1.54, 1.807) is 24.1 Å². The molecule has 148 valence electrons. The van der Waals surface area contributed by atoms with Gasteiger partial charge in [-0.3, -0.25) is 4.79 Å². The molecule has 0 bridgehead atoms. The molecule has 29 heavy (non-hydrogen) atoms. The highest BCUT2D eigenvalue weighted by atomic mass is 16.5. The SMILES string of the molecule is COc1ccc2c(C(C)CC(=O)c3nccn3C)cn(Cc3ccccc3)c2c1. The molecule has 0 saturated heterocycles. The number of hydrogen-bond donors (Lipinski definition) is 0. The lowest BCUT2D eigenvalue weighted by Gasteiger charge is -2.10. The lowest BCUT2D eigenvalue weighted by molar-refractivity contribution is 0.0962. The highest BCUT2D eigenvalue weighted by molar-refractivity contribution is 5.94. The van der Waals surface area contributed by atoms with Crippen molar-refractivity contribution in [2.24, 2.45) is 7.05 Å². The molecule has 4 rings (SSSR count). The molecule has 2 aromatic carbocycles. The number of aromatic nitrogens is 3. The number of ketones is 1. The van der Waals surface area contributed by atoms with Crippen molar-refractivity contribution in [3.05, 3.63) is 84.1 Å². The Morgan fingerprint density at radius 2 is 1.97 bits per heavy atom. The van der Waals surface area contributed by atoms with E-state index in [-0.39, 0.29) is 11.7 Å². The van der Waals surface area contributed by atoms with Crippen LogP contribution < -0.4 is 4.74 Å². The Morgan fingerprint density at radius 1 is 1.17 bits per heavy atom. The lowest BCUT2D eigenvalue weighted by Crippen LogP contribution is -2.10. The van der Waals surface area contributed by atoms with Gasteiger partial charge in [0.25, 0.3) is 0 Å². The van der Waals surface area contributed by atoms with Crippen molar-refractivity contribution < 1.29 is 9.53 Å². The fourth-order valence-electron chi connectivity index (χ4n) is 3.84. The zero-order chi connectivity index (χ0) is 20.4. The van der Waals surface area contributed by atoms with E-state index in [0.29, 0.717) is 12.2 Å². The van der Waals surface area contributed by atoms with Gasteiger partial charge in [-0.1, -0.05) is 37.3 Å². The van der Waals surface area contributed by atoms with Gasteiger partial charge in [-0.15, -0.1) is 0 Å². The Hall–Kier alpha value is -3.34. The first-order valence-electron chi connectivity index (χ1n) is 9.78. The van der Waals surface area contributed by atoms with Gasteiger partial charge in [0.05, 0.1) is 12.6 Å². The highest BCUT2D eigenvalue weighted by Gasteiger charge is 2.20. The maximum atomic E-state index is 12.7. The van der Waals surface area contributed by atoms with Gasteiger partial charge < -0.3 is 13.9 Å². The number of aryl methyl sites for hydroxylation is 1. The van der Waals surface area contributed by atoms with Crippen LogP contribution in [0.3, 0.4) is 0 Å². The number of benzene rings is 2. The normalized spacial score (nSPS) is 12.2. The first-order chi connectivity index (χ1) is 14.1. The van der Waals surface area contributed by atoms with Crippen LogP contribution in [-0.2, 0) is 13.6 Å². The Kier molecular flexibility index (Phi) is 5.21. The van der Waals surface area contributed by atoms with Crippen molar-refractivity contribution in [2.45, 2.75) is 25.8 Å². The third-order valence-corrected chi connectivity index (χ3v) is 5.41. The second kappa shape index (κ2) is 7.95. The number of carbonyl (C=O) groups is 1. The van der Waals surface area contributed by atoms with Crippen LogP contribution in [0.2, 0.25) is 0 Å². The first kappa shape index (κ1) is 19.0. The molecule has 5 heteroatoms. The van der Waals surface area contributed by atoms with E-state index in [0.717, 1.165) is 23.2 Å². The standard InChI is InChI=1S/C24H25N3O2/c1-17(13-23(28)24-25-11-12-26(24)2)21-16-27(15-18-7-5-4-6-8-18)22-14-19(29-3)9-10-20(21)22/h4-12,14,16-17H,13,15H2,1-3H3. The van der Waals surface area contributed by atoms with Gasteiger partial charge in [0.15, 0.2) is 11.6 Å². The molecule has 0 aliphatic carbocycles. The van der Waals surface area contributed by atoms with Gasteiger partial charge in [0.2, 0.25) is 0 Å².